The lowest BCUT2D eigenvalue weighted by Gasteiger charge is -2.49. The first-order valence-electron chi connectivity index (χ1n) is 18.1. The number of aromatic hydroxyl groups is 1. The number of imide groups is 2. The van der Waals surface area contributed by atoms with Gasteiger partial charge in [-0.05, 0) is 92.3 Å². The van der Waals surface area contributed by atoms with E-state index in [1.54, 1.807) is 36.4 Å². The summed E-state index contributed by atoms with van der Waals surface area (Å²) in [6, 6.07) is 28.1. The van der Waals surface area contributed by atoms with E-state index in [0.29, 0.717) is 28.1 Å². The molecule has 54 heavy (non-hydrogen) atoms. The van der Waals surface area contributed by atoms with Crippen LogP contribution in [0, 0.1) is 36.5 Å². The average Bonchev–Trinajstić information content (AvgIpc) is 3.56. The molecule has 0 bridgehead atoms. The van der Waals surface area contributed by atoms with Crippen molar-refractivity contribution in [3.63, 3.8) is 0 Å². The van der Waals surface area contributed by atoms with Crippen LogP contribution in [0.25, 0.3) is 6.08 Å². The van der Waals surface area contributed by atoms with Crippen LogP contribution in [0.3, 0.4) is 0 Å². The third-order valence-electron chi connectivity index (χ3n) is 11.7. The van der Waals surface area contributed by atoms with E-state index in [-0.39, 0.29) is 41.9 Å². The number of carbonyl (C=O) groups is 5. The maximum atomic E-state index is 15.2. The Bertz CT molecular complexity index is 2260. The molecule has 2 N–H and O–H groups in total. The number of amides is 4. The van der Waals surface area contributed by atoms with Crippen molar-refractivity contribution >= 4 is 46.9 Å². The molecule has 8 rings (SSSR count). The summed E-state index contributed by atoms with van der Waals surface area (Å²) in [5.74, 6) is -4.89. The number of allylic oxidation sites excluding steroid dienone is 3. The second kappa shape index (κ2) is 13.3. The van der Waals surface area contributed by atoms with Crippen LogP contribution in [0.1, 0.15) is 46.8 Å². The fourth-order valence-corrected chi connectivity index (χ4v) is 9.10. The molecule has 0 aromatic heterocycles. The van der Waals surface area contributed by atoms with E-state index in [2.05, 4.69) is 5.43 Å². The highest BCUT2D eigenvalue weighted by Crippen LogP contribution is 2.61. The average molecular weight is 722 g/mol. The number of phenols is 1. The Morgan fingerprint density at radius 3 is 2.30 bits per heavy atom. The summed E-state index contributed by atoms with van der Waals surface area (Å²) in [7, 11) is 1.46. The van der Waals surface area contributed by atoms with Crippen LogP contribution in [0.15, 0.2) is 115 Å². The highest BCUT2D eigenvalue weighted by Gasteiger charge is 2.69. The molecule has 2 saturated heterocycles. The number of ketones is 1. The van der Waals surface area contributed by atoms with E-state index >= 15 is 4.79 Å². The quantitative estimate of drug-likeness (QED) is 0.118. The number of carbonyl (C=O) groups excluding carboxylic acids is 5. The summed E-state index contributed by atoms with van der Waals surface area (Å²) in [6.45, 7) is 3.41. The van der Waals surface area contributed by atoms with E-state index in [0.717, 1.165) is 16.1 Å². The third-order valence-corrected chi connectivity index (χ3v) is 11.7. The van der Waals surface area contributed by atoms with E-state index in [1.807, 2.05) is 79.7 Å². The van der Waals surface area contributed by atoms with Crippen molar-refractivity contribution in [3.8, 4) is 11.5 Å². The molecule has 0 spiro atoms. The molecule has 4 aromatic rings. The third kappa shape index (κ3) is 5.35. The van der Waals surface area contributed by atoms with E-state index in [4.69, 9.17) is 4.74 Å². The summed E-state index contributed by atoms with van der Waals surface area (Å²) in [5, 5.41) is 11.4. The van der Waals surface area contributed by atoms with Gasteiger partial charge >= 0.3 is 0 Å². The zero-order chi connectivity index (χ0) is 37.9. The number of hydrazine groups is 1. The largest absolute Gasteiger partial charge is 0.504 e. The fraction of sp³-hybridized carbons (Fsp3) is 0.250. The topological polar surface area (TPSA) is 133 Å². The van der Waals surface area contributed by atoms with Gasteiger partial charge in [0.1, 0.15) is 0 Å². The number of fused-ring (bicyclic) bond motifs is 4. The molecule has 10 nitrogen and oxygen atoms in total. The Morgan fingerprint density at radius 2 is 1.61 bits per heavy atom. The number of methoxy groups -OCH3 is 1. The maximum Gasteiger partial charge on any atom is 0.260 e. The molecule has 3 fully saturated rings. The second-order valence-electron chi connectivity index (χ2n) is 14.5. The summed E-state index contributed by atoms with van der Waals surface area (Å²) in [6.07, 6.45) is 6.22. The molecule has 4 aliphatic rings. The molecule has 6 unspecified atom stereocenters. The molecule has 2 aliphatic heterocycles. The van der Waals surface area contributed by atoms with Crippen LogP contribution >= 0.6 is 0 Å². The predicted molar refractivity (Wildman–Crippen MR) is 202 cm³/mol. The van der Waals surface area contributed by atoms with Gasteiger partial charge < -0.3 is 9.84 Å². The monoisotopic (exact) mass is 721 g/mol. The summed E-state index contributed by atoms with van der Waals surface area (Å²) in [4.78, 5) is 71.8. The van der Waals surface area contributed by atoms with Gasteiger partial charge in [0, 0.05) is 11.5 Å². The van der Waals surface area contributed by atoms with Crippen LogP contribution in [-0.4, -0.2) is 46.6 Å². The highest BCUT2D eigenvalue weighted by atomic mass is 16.5. The number of hydrogen-bond donors (Lipinski definition) is 2. The Balaban J connectivity index is 1.27. The van der Waals surface area contributed by atoms with Crippen molar-refractivity contribution in [2.24, 2.45) is 29.6 Å². The molecule has 2 aliphatic carbocycles. The van der Waals surface area contributed by atoms with Gasteiger partial charge in [-0.2, -0.15) is 5.01 Å². The SMILES string of the molecule is COc1cc(C=CC2C3=CCC4C(=O)N(c5ccc(C(C)=O)cc5)C(=O)C4C3CC3C(=O)N(Nc4ccc(C)cc4)C(=O)C23c2ccccc2)ccc1O. The Kier molecular flexibility index (Phi) is 8.56. The number of rotatable bonds is 8. The standard InChI is InChI=1S/C44H39N3O7/c1-25-9-15-30(16-10-25)45-47-41(51)36-24-34-32(19-20-33-39(34)42(52)46(40(33)50)31-17-13-28(14-18-31)26(2)48)35(21-11-27-12-22-37(49)38(23-27)54-3)44(36,43(47)53)29-7-5-4-6-8-29/h4-19,21-23,33-36,39,45,49H,20,24H2,1-3H3. The molecule has 272 valence electrons. The zero-order valence-corrected chi connectivity index (χ0v) is 30.1. The molecule has 2 heterocycles. The fourth-order valence-electron chi connectivity index (χ4n) is 9.10. The molecule has 4 amide bonds. The molecular weight excluding hydrogens is 682 g/mol. The molecule has 0 radical (unpaired) electrons. The van der Waals surface area contributed by atoms with Gasteiger partial charge in [0.05, 0.1) is 41.7 Å². The van der Waals surface area contributed by atoms with Gasteiger partial charge in [-0.25, -0.2) is 0 Å². The van der Waals surface area contributed by atoms with Crippen molar-refractivity contribution in [3.05, 3.63) is 137 Å². The first-order chi connectivity index (χ1) is 26.0. The van der Waals surface area contributed by atoms with Crippen LogP contribution in [-0.2, 0) is 24.6 Å². The Labute approximate surface area is 312 Å². The number of hydrogen-bond acceptors (Lipinski definition) is 8. The number of nitrogens with one attached hydrogen (secondary N) is 1. The van der Waals surface area contributed by atoms with Gasteiger partial charge in [0.15, 0.2) is 17.3 Å². The molecule has 6 atom stereocenters. The zero-order valence-electron chi connectivity index (χ0n) is 30.1. The number of anilines is 2. The number of nitrogens with zero attached hydrogens (tertiary/aromatic N) is 2. The minimum absolute atomic E-state index is 0.0199. The normalized spacial score (nSPS) is 26.1. The Hall–Kier alpha value is -6.29. The van der Waals surface area contributed by atoms with E-state index in [1.165, 1.54) is 25.0 Å². The van der Waals surface area contributed by atoms with Gasteiger partial charge in [-0.1, -0.05) is 77.9 Å². The number of Topliss-reactive ketones (excluding diaryl/α,β-unsaturated/α-hetero) is 1. The van der Waals surface area contributed by atoms with E-state index in [9.17, 15) is 24.3 Å². The van der Waals surface area contributed by atoms with Crippen molar-refractivity contribution < 1.29 is 33.8 Å². The van der Waals surface area contributed by atoms with Gasteiger partial charge in [0.25, 0.3) is 11.8 Å². The summed E-state index contributed by atoms with van der Waals surface area (Å²) in [5.41, 5.74) is 6.36. The molecule has 1 saturated carbocycles. The second-order valence-corrected chi connectivity index (χ2v) is 14.5. The molecule has 10 heteroatoms. The van der Waals surface area contributed by atoms with Crippen molar-refractivity contribution in [1.29, 1.82) is 0 Å². The van der Waals surface area contributed by atoms with Gasteiger partial charge in [-0.15, -0.1) is 0 Å². The summed E-state index contributed by atoms with van der Waals surface area (Å²) >= 11 is 0. The first kappa shape index (κ1) is 34.8. The van der Waals surface area contributed by atoms with Crippen molar-refractivity contribution in [2.45, 2.75) is 32.1 Å². The number of phenolic OH excluding ortho intramolecular Hbond substituents is 1. The van der Waals surface area contributed by atoms with Crippen LogP contribution in [0.4, 0.5) is 11.4 Å². The Morgan fingerprint density at radius 1 is 0.889 bits per heavy atom. The minimum Gasteiger partial charge on any atom is -0.504 e. The van der Waals surface area contributed by atoms with Gasteiger partial charge in [-0.3, -0.25) is 34.3 Å². The van der Waals surface area contributed by atoms with Gasteiger partial charge in [0.2, 0.25) is 11.8 Å². The lowest BCUT2D eigenvalue weighted by Crippen LogP contribution is -2.54. The van der Waals surface area contributed by atoms with Crippen LogP contribution in [0.5, 0.6) is 11.5 Å². The minimum atomic E-state index is -1.39. The lowest BCUT2D eigenvalue weighted by atomic mass is 9.50. The number of benzene rings is 4. The number of aryl methyl sites for hydroxylation is 1. The smallest absolute Gasteiger partial charge is 0.260 e. The maximum absolute atomic E-state index is 15.2. The van der Waals surface area contributed by atoms with Crippen molar-refractivity contribution in [2.75, 3.05) is 17.4 Å². The predicted octanol–water partition coefficient (Wildman–Crippen LogP) is 6.65. The number of ether oxygens (including phenoxy) is 1. The summed E-state index contributed by atoms with van der Waals surface area (Å²) < 4.78 is 5.37. The molecule has 4 aromatic carbocycles. The lowest BCUT2D eigenvalue weighted by molar-refractivity contribution is -0.139. The molecular formula is C44H39N3O7. The van der Waals surface area contributed by atoms with Crippen molar-refractivity contribution in [1.82, 2.24) is 5.01 Å². The first-order valence-corrected chi connectivity index (χ1v) is 18.1. The van der Waals surface area contributed by atoms with Crippen LogP contribution < -0.4 is 15.1 Å². The van der Waals surface area contributed by atoms with E-state index < -0.39 is 46.8 Å². The van der Waals surface area contributed by atoms with Crippen LogP contribution in [0.2, 0.25) is 0 Å². The highest BCUT2D eigenvalue weighted by molar-refractivity contribution is 6.22.